The lowest BCUT2D eigenvalue weighted by Gasteiger charge is -2.16. The normalized spacial score (nSPS) is 14.6. The molecule has 0 aliphatic carbocycles. The Kier molecular flexibility index (Phi) is 8.36. The molecule has 9 heteroatoms. The molecule has 0 aromatic heterocycles. The third kappa shape index (κ3) is 6.10. The molecule has 3 aromatic rings. The van der Waals surface area contributed by atoms with Crippen LogP contribution < -0.4 is 15.0 Å². The maximum absolute atomic E-state index is 13.0. The monoisotopic (exact) mass is 556 g/mol. The molecule has 184 valence electrons. The lowest BCUT2D eigenvalue weighted by Crippen LogP contribution is -2.27. The average Bonchev–Trinajstić information content (AvgIpc) is 3.11. The van der Waals surface area contributed by atoms with E-state index in [1.165, 1.54) is 16.7 Å². The molecule has 2 amide bonds. The Bertz CT molecular complexity index is 1360. The Morgan fingerprint density at radius 1 is 1.11 bits per heavy atom. The summed E-state index contributed by atoms with van der Waals surface area (Å²) < 4.78 is 6.03. The number of thioether (sulfide) groups is 1. The van der Waals surface area contributed by atoms with Crippen molar-refractivity contribution < 1.29 is 14.3 Å². The van der Waals surface area contributed by atoms with E-state index < -0.39 is 0 Å². The molecule has 36 heavy (non-hydrogen) atoms. The number of ether oxygens (including phenoxy) is 1. The third-order valence-corrected chi connectivity index (χ3v) is 7.19. The van der Waals surface area contributed by atoms with Gasteiger partial charge in [-0.05, 0) is 59.5 Å². The molecule has 0 unspecified atom stereocenters. The zero-order valence-corrected chi connectivity index (χ0v) is 22.6. The molecule has 1 aliphatic heterocycles. The minimum atomic E-state index is -0.257. The van der Waals surface area contributed by atoms with Crippen molar-refractivity contribution in [3.63, 3.8) is 0 Å². The average molecular weight is 558 g/mol. The van der Waals surface area contributed by atoms with E-state index >= 15 is 0 Å². The maximum Gasteiger partial charge on any atom is 0.270 e. The van der Waals surface area contributed by atoms with Crippen molar-refractivity contribution in [1.82, 2.24) is 0 Å². The standard InChI is InChI=1S/C27H22Cl2N2O3S2/c1-16(2)20-5-3-4-6-22(20)30-25(32)15-34-19-10-7-17(8-11-19)13-24-26(33)31(27(35)36-24)23-12-9-18(28)14-21(23)29/h3-14,16H,15H2,1-2H3,(H,30,32)/b24-13-. The van der Waals surface area contributed by atoms with Crippen molar-refractivity contribution in [2.75, 3.05) is 16.8 Å². The fourth-order valence-electron chi connectivity index (χ4n) is 3.60. The predicted molar refractivity (Wildman–Crippen MR) is 153 cm³/mol. The summed E-state index contributed by atoms with van der Waals surface area (Å²) >= 11 is 18.9. The number of nitrogens with zero attached hydrogens (tertiary/aromatic N) is 1. The number of carbonyl (C=O) groups excluding carboxylic acids is 2. The zero-order valence-electron chi connectivity index (χ0n) is 19.5. The summed E-state index contributed by atoms with van der Waals surface area (Å²) in [6.07, 6.45) is 1.75. The lowest BCUT2D eigenvalue weighted by molar-refractivity contribution is -0.118. The van der Waals surface area contributed by atoms with Gasteiger partial charge < -0.3 is 10.1 Å². The highest BCUT2D eigenvalue weighted by Crippen LogP contribution is 2.39. The minimum absolute atomic E-state index is 0.119. The first-order chi connectivity index (χ1) is 17.2. The molecular formula is C27H22Cl2N2O3S2. The molecule has 0 bridgehead atoms. The molecule has 1 aliphatic rings. The molecule has 3 aromatic carbocycles. The van der Waals surface area contributed by atoms with Gasteiger partial charge in [-0.25, -0.2) is 0 Å². The van der Waals surface area contributed by atoms with E-state index in [9.17, 15) is 9.59 Å². The van der Waals surface area contributed by atoms with E-state index in [-0.39, 0.29) is 18.4 Å². The Labute approximate surface area is 229 Å². The minimum Gasteiger partial charge on any atom is -0.484 e. The second-order valence-corrected chi connectivity index (χ2v) is 10.8. The SMILES string of the molecule is CC(C)c1ccccc1NC(=O)COc1ccc(/C=C2\SC(=S)N(c3ccc(Cl)cc3Cl)C2=O)cc1. The second-order valence-electron chi connectivity index (χ2n) is 8.26. The smallest absolute Gasteiger partial charge is 0.270 e. The largest absolute Gasteiger partial charge is 0.484 e. The Morgan fingerprint density at radius 2 is 1.83 bits per heavy atom. The van der Waals surface area contributed by atoms with Gasteiger partial charge in [-0.2, -0.15) is 0 Å². The fourth-order valence-corrected chi connectivity index (χ4v) is 5.38. The summed E-state index contributed by atoms with van der Waals surface area (Å²) in [7, 11) is 0. The Hall–Kier alpha value is -2.84. The van der Waals surface area contributed by atoms with Gasteiger partial charge in [0.05, 0.1) is 15.6 Å². The van der Waals surface area contributed by atoms with Gasteiger partial charge in [-0.3, -0.25) is 14.5 Å². The number of thiocarbonyl (C=S) groups is 1. The molecule has 1 fully saturated rings. The molecule has 1 saturated heterocycles. The van der Waals surface area contributed by atoms with E-state index in [1.807, 2.05) is 36.4 Å². The molecule has 0 radical (unpaired) electrons. The highest BCUT2D eigenvalue weighted by atomic mass is 35.5. The first-order valence-corrected chi connectivity index (χ1v) is 13.1. The lowest BCUT2D eigenvalue weighted by atomic mass is 10.0. The summed E-state index contributed by atoms with van der Waals surface area (Å²) in [6, 6.07) is 19.7. The zero-order chi connectivity index (χ0) is 25.8. The van der Waals surface area contributed by atoms with Crippen molar-refractivity contribution in [3.05, 3.63) is 92.8 Å². The highest BCUT2D eigenvalue weighted by molar-refractivity contribution is 8.27. The molecule has 0 saturated carbocycles. The first kappa shape index (κ1) is 26.2. The Morgan fingerprint density at radius 3 is 2.53 bits per heavy atom. The molecule has 5 nitrogen and oxygen atoms in total. The van der Waals surface area contributed by atoms with E-state index in [4.69, 9.17) is 40.2 Å². The number of para-hydroxylation sites is 1. The van der Waals surface area contributed by atoms with Gasteiger partial charge in [0.1, 0.15) is 5.75 Å². The molecule has 1 heterocycles. The van der Waals surface area contributed by atoms with Gasteiger partial charge in [0.25, 0.3) is 11.8 Å². The first-order valence-electron chi connectivity index (χ1n) is 11.1. The number of nitrogens with one attached hydrogen (secondary N) is 1. The number of carbonyl (C=O) groups is 2. The summed E-state index contributed by atoms with van der Waals surface area (Å²) in [5.41, 5.74) is 3.14. The van der Waals surface area contributed by atoms with Crippen molar-refractivity contribution >= 4 is 80.8 Å². The molecular weight excluding hydrogens is 535 g/mol. The van der Waals surface area contributed by atoms with Gasteiger partial charge in [0.15, 0.2) is 10.9 Å². The van der Waals surface area contributed by atoms with E-state index in [0.717, 1.165) is 16.8 Å². The van der Waals surface area contributed by atoms with Crippen LogP contribution in [0.2, 0.25) is 10.0 Å². The Balaban J connectivity index is 1.39. The van der Waals surface area contributed by atoms with E-state index in [2.05, 4.69) is 19.2 Å². The van der Waals surface area contributed by atoms with Gasteiger partial charge in [0.2, 0.25) is 0 Å². The quantitative estimate of drug-likeness (QED) is 0.240. The van der Waals surface area contributed by atoms with Crippen molar-refractivity contribution in [2.24, 2.45) is 0 Å². The third-order valence-electron chi connectivity index (χ3n) is 5.35. The van der Waals surface area contributed by atoms with Crippen LogP contribution in [0.15, 0.2) is 71.6 Å². The number of benzene rings is 3. The summed E-state index contributed by atoms with van der Waals surface area (Å²) in [5.74, 6) is 0.336. The van der Waals surface area contributed by atoms with Crippen LogP contribution in [0.5, 0.6) is 5.75 Å². The fraction of sp³-hybridized carbons (Fsp3) is 0.148. The van der Waals surface area contributed by atoms with Crippen molar-refractivity contribution in [3.8, 4) is 5.75 Å². The number of amides is 2. The maximum atomic E-state index is 13.0. The van der Waals surface area contributed by atoms with Gasteiger partial charge in [-0.1, -0.05) is 91.4 Å². The van der Waals surface area contributed by atoms with Crippen molar-refractivity contribution in [1.29, 1.82) is 0 Å². The van der Waals surface area contributed by atoms with Crippen LogP contribution in [-0.4, -0.2) is 22.7 Å². The topological polar surface area (TPSA) is 58.6 Å². The van der Waals surface area contributed by atoms with Crippen LogP contribution in [0, 0.1) is 0 Å². The van der Waals surface area contributed by atoms with Crippen LogP contribution in [0.3, 0.4) is 0 Å². The van der Waals surface area contributed by atoms with Crippen LogP contribution >= 0.6 is 47.2 Å². The summed E-state index contributed by atoms with van der Waals surface area (Å²) in [5, 5.41) is 3.73. The molecule has 0 spiro atoms. The van der Waals surface area contributed by atoms with Gasteiger partial charge in [0, 0.05) is 10.7 Å². The second kappa shape index (κ2) is 11.5. The summed E-state index contributed by atoms with van der Waals surface area (Å²) in [6.45, 7) is 4.04. The molecule has 4 rings (SSSR count). The predicted octanol–water partition coefficient (Wildman–Crippen LogP) is 7.54. The number of hydrogen-bond donors (Lipinski definition) is 1. The van der Waals surface area contributed by atoms with Gasteiger partial charge >= 0.3 is 0 Å². The van der Waals surface area contributed by atoms with Crippen LogP contribution in [0.25, 0.3) is 6.08 Å². The van der Waals surface area contributed by atoms with Crippen molar-refractivity contribution in [2.45, 2.75) is 19.8 Å². The van der Waals surface area contributed by atoms with Crippen LogP contribution in [0.1, 0.15) is 30.9 Å². The highest BCUT2D eigenvalue weighted by Gasteiger charge is 2.34. The number of halogens is 2. The summed E-state index contributed by atoms with van der Waals surface area (Å²) in [4.78, 5) is 27.3. The number of anilines is 2. The van der Waals surface area contributed by atoms with E-state index in [0.29, 0.717) is 36.6 Å². The van der Waals surface area contributed by atoms with E-state index in [1.54, 1.807) is 36.4 Å². The van der Waals surface area contributed by atoms with Gasteiger partial charge in [-0.15, -0.1) is 0 Å². The number of rotatable bonds is 7. The molecule has 1 N–H and O–H groups in total. The number of hydrogen-bond acceptors (Lipinski definition) is 5. The van der Waals surface area contributed by atoms with Crippen LogP contribution in [0.4, 0.5) is 11.4 Å². The molecule has 0 atom stereocenters. The van der Waals surface area contributed by atoms with Crippen LogP contribution in [-0.2, 0) is 9.59 Å².